The number of hydrogen-bond donors (Lipinski definition) is 1. The van der Waals surface area contributed by atoms with Crippen LogP contribution in [0, 0.1) is 6.92 Å². The highest BCUT2D eigenvalue weighted by Gasteiger charge is 2.19. The number of carbonyl (C=O) groups excluding carboxylic acids is 1. The van der Waals surface area contributed by atoms with Crippen LogP contribution in [-0.2, 0) is 0 Å². The maximum Gasteiger partial charge on any atom is 0.291 e. The summed E-state index contributed by atoms with van der Waals surface area (Å²) in [5, 5.41) is 11.7. The van der Waals surface area contributed by atoms with Crippen LogP contribution in [-0.4, -0.2) is 16.2 Å². The second-order valence-corrected chi connectivity index (χ2v) is 5.52. The molecule has 0 spiro atoms. The van der Waals surface area contributed by atoms with E-state index in [1.165, 1.54) is 0 Å². The normalized spacial score (nSPS) is 11.2. The molecule has 0 aliphatic rings. The first kappa shape index (κ1) is 13.8. The van der Waals surface area contributed by atoms with E-state index in [2.05, 4.69) is 20.3 Å². The third-order valence-corrected chi connectivity index (χ3v) is 3.87. The number of furan rings is 1. The minimum atomic E-state index is -0.370. The van der Waals surface area contributed by atoms with Gasteiger partial charge in [-0.25, -0.2) is 4.63 Å². The fourth-order valence-corrected chi connectivity index (χ4v) is 2.67. The quantitative estimate of drug-likeness (QED) is 0.597. The summed E-state index contributed by atoms with van der Waals surface area (Å²) in [6.07, 6.45) is 0. The Morgan fingerprint density at radius 3 is 2.96 bits per heavy atom. The van der Waals surface area contributed by atoms with Crippen molar-refractivity contribution in [1.82, 2.24) is 10.3 Å². The monoisotopic (exact) mass is 327 g/mol. The number of carbonyl (C=O) groups is 1. The summed E-state index contributed by atoms with van der Waals surface area (Å²) in [5.41, 5.74) is 2.89. The van der Waals surface area contributed by atoms with E-state index in [1.54, 1.807) is 36.4 Å². The van der Waals surface area contributed by atoms with Crippen LogP contribution in [0.4, 0.5) is 5.69 Å². The highest BCUT2D eigenvalue weighted by atomic mass is 35.5. The summed E-state index contributed by atoms with van der Waals surface area (Å²) >= 11 is 5.99. The molecule has 114 valence electrons. The van der Waals surface area contributed by atoms with Gasteiger partial charge in [0.1, 0.15) is 11.1 Å². The Hall–Kier alpha value is -2.86. The maximum atomic E-state index is 12.5. The molecular weight excluding hydrogens is 318 g/mol. The Balaban J connectivity index is 1.75. The SMILES string of the molecule is Cc1c(C(=O)Nc2cccc3nonc23)oc2ccc(Cl)cc12. The zero-order valence-corrected chi connectivity index (χ0v) is 12.7. The summed E-state index contributed by atoms with van der Waals surface area (Å²) in [4.78, 5) is 12.5. The van der Waals surface area contributed by atoms with E-state index >= 15 is 0 Å². The van der Waals surface area contributed by atoms with Crippen LogP contribution < -0.4 is 5.32 Å². The van der Waals surface area contributed by atoms with Gasteiger partial charge in [0.05, 0.1) is 5.69 Å². The van der Waals surface area contributed by atoms with E-state index in [-0.39, 0.29) is 11.7 Å². The van der Waals surface area contributed by atoms with Gasteiger partial charge < -0.3 is 9.73 Å². The summed E-state index contributed by atoms with van der Waals surface area (Å²) < 4.78 is 10.3. The molecule has 4 rings (SSSR count). The highest BCUT2D eigenvalue weighted by molar-refractivity contribution is 6.31. The number of anilines is 1. The second kappa shape index (κ2) is 5.10. The zero-order chi connectivity index (χ0) is 16.0. The number of rotatable bonds is 2. The lowest BCUT2D eigenvalue weighted by Crippen LogP contribution is -2.12. The molecule has 0 fully saturated rings. The van der Waals surface area contributed by atoms with Crippen molar-refractivity contribution >= 4 is 45.2 Å². The minimum Gasteiger partial charge on any atom is -0.451 e. The van der Waals surface area contributed by atoms with Gasteiger partial charge in [0, 0.05) is 16.0 Å². The minimum absolute atomic E-state index is 0.232. The van der Waals surface area contributed by atoms with Gasteiger partial charge in [0.15, 0.2) is 11.3 Å². The Morgan fingerprint density at radius 2 is 2.09 bits per heavy atom. The number of aryl methyl sites for hydroxylation is 1. The third-order valence-electron chi connectivity index (χ3n) is 3.64. The Kier molecular flexibility index (Phi) is 3.06. The van der Waals surface area contributed by atoms with Crippen LogP contribution in [0.25, 0.3) is 22.0 Å². The van der Waals surface area contributed by atoms with Gasteiger partial charge in [-0.05, 0) is 47.6 Å². The van der Waals surface area contributed by atoms with E-state index in [0.29, 0.717) is 27.3 Å². The predicted molar refractivity (Wildman–Crippen MR) is 85.7 cm³/mol. The number of nitrogens with one attached hydrogen (secondary N) is 1. The molecule has 0 aliphatic heterocycles. The lowest BCUT2D eigenvalue weighted by atomic mass is 10.1. The summed E-state index contributed by atoms with van der Waals surface area (Å²) in [6.45, 7) is 1.81. The molecule has 0 unspecified atom stereocenters. The molecule has 2 aromatic heterocycles. The van der Waals surface area contributed by atoms with Crippen LogP contribution >= 0.6 is 11.6 Å². The molecule has 0 saturated heterocycles. The Bertz CT molecular complexity index is 1050. The summed E-state index contributed by atoms with van der Waals surface area (Å²) in [7, 11) is 0. The largest absolute Gasteiger partial charge is 0.451 e. The topological polar surface area (TPSA) is 81.2 Å². The van der Waals surface area contributed by atoms with Crippen molar-refractivity contribution in [2.45, 2.75) is 6.92 Å². The van der Waals surface area contributed by atoms with Crippen LogP contribution in [0.3, 0.4) is 0 Å². The van der Waals surface area contributed by atoms with Crippen molar-refractivity contribution in [2.75, 3.05) is 5.32 Å². The molecule has 2 heterocycles. The lowest BCUT2D eigenvalue weighted by Gasteiger charge is -2.03. The number of halogens is 1. The van der Waals surface area contributed by atoms with Crippen molar-refractivity contribution in [1.29, 1.82) is 0 Å². The van der Waals surface area contributed by atoms with Crippen molar-refractivity contribution in [2.24, 2.45) is 0 Å². The molecule has 1 amide bonds. The van der Waals surface area contributed by atoms with Gasteiger partial charge in [-0.2, -0.15) is 0 Å². The average Bonchev–Trinajstić information content (AvgIpc) is 3.13. The van der Waals surface area contributed by atoms with Gasteiger partial charge in [-0.1, -0.05) is 17.7 Å². The van der Waals surface area contributed by atoms with Gasteiger partial charge in [0.25, 0.3) is 5.91 Å². The zero-order valence-electron chi connectivity index (χ0n) is 12.0. The molecule has 4 aromatic rings. The molecule has 0 atom stereocenters. The lowest BCUT2D eigenvalue weighted by molar-refractivity contribution is 0.0998. The van der Waals surface area contributed by atoms with Crippen molar-refractivity contribution in [3.63, 3.8) is 0 Å². The number of nitrogens with zero attached hydrogens (tertiary/aromatic N) is 2. The number of fused-ring (bicyclic) bond motifs is 2. The average molecular weight is 328 g/mol. The molecule has 1 N–H and O–H groups in total. The molecule has 6 nitrogen and oxygen atoms in total. The molecule has 0 saturated carbocycles. The predicted octanol–water partition coefficient (Wildman–Crippen LogP) is 4.18. The fourth-order valence-electron chi connectivity index (χ4n) is 2.50. The van der Waals surface area contributed by atoms with Gasteiger partial charge in [-0.3, -0.25) is 4.79 Å². The fraction of sp³-hybridized carbons (Fsp3) is 0.0625. The number of hydrogen-bond acceptors (Lipinski definition) is 5. The van der Waals surface area contributed by atoms with Crippen LogP contribution in [0.2, 0.25) is 5.02 Å². The number of amides is 1. The summed E-state index contributed by atoms with van der Waals surface area (Å²) in [5.74, 6) is -0.138. The summed E-state index contributed by atoms with van der Waals surface area (Å²) in [6, 6.07) is 10.5. The molecule has 7 heteroatoms. The second-order valence-electron chi connectivity index (χ2n) is 5.09. The first-order chi connectivity index (χ1) is 11.1. The van der Waals surface area contributed by atoms with Crippen molar-refractivity contribution in [3.8, 4) is 0 Å². The van der Waals surface area contributed by atoms with E-state index in [0.717, 1.165) is 10.9 Å². The first-order valence-corrected chi connectivity index (χ1v) is 7.22. The molecular formula is C16H10ClN3O3. The van der Waals surface area contributed by atoms with Crippen molar-refractivity contribution in [3.05, 3.63) is 52.7 Å². The third kappa shape index (κ3) is 2.24. The first-order valence-electron chi connectivity index (χ1n) is 6.85. The Morgan fingerprint density at radius 1 is 1.22 bits per heavy atom. The molecule has 0 radical (unpaired) electrons. The number of benzene rings is 2. The van der Waals surface area contributed by atoms with E-state index in [9.17, 15) is 4.79 Å². The van der Waals surface area contributed by atoms with Gasteiger partial charge >= 0.3 is 0 Å². The molecule has 0 aliphatic carbocycles. The molecule has 0 bridgehead atoms. The van der Waals surface area contributed by atoms with E-state index in [4.69, 9.17) is 16.0 Å². The van der Waals surface area contributed by atoms with E-state index in [1.807, 2.05) is 6.92 Å². The number of aromatic nitrogens is 2. The van der Waals surface area contributed by atoms with Crippen LogP contribution in [0.15, 0.2) is 45.4 Å². The van der Waals surface area contributed by atoms with E-state index < -0.39 is 0 Å². The van der Waals surface area contributed by atoms with Crippen LogP contribution in [0.5, 0.6) is 0 Å². The van der Waals surface area contributed by atoms with Crippen molar-refractivity contribution < 1.29 is 13.8 Å². The maximum absolute atomic E-state index is 12.5. The van der Waals surface area contributed by atoms with Crippen LogP contribution in [0.1, 0.15) is 16.1 Å². The standard InChI is InChI=1S/C16H10ClN3O3/c1-8-10-7-9(17)5-6-13(10)22-15(8)16(21)18-11-3-2-4-12-14(11)20-23-19-12/h2-7H,1H3,(H,18,21). The van der Waals surface area contributed by atoms with Gasteiger partial charge in [-0.15, -0.1) is 0 Å². The highest BCUT2D eigenvalue weighted by Crippen LogP contribution is 2.29. The molecule has 2 aromatic carbocycles. The smallest absolute Gasteiger partial charge is 0.291 e. The molecule has 23 heavy (non-hydrogen) atoms. The Labute approximate surface area is 135 Å². The van der Waals surface area contributed by atoms with Gasteiger partial charge in [0.2, 0.25) is 0 Å².